The molecule has 0 aromatic heterocycles. The predicted octanol–water partition coefficient (Wildman–Crippen LogP) is 2.03. The number of nitrogens with two attached hydrogens (primary N) is 2. The molecular formula is C13H20BrN3O2S. The molecule has 0 aliphatic heterocycles. The van der Waals surface area contributed by atoms with Crippen molar-refractivity contribution < 1.29 is 8.42 Å². The molecule has 0 amide bonds. The van der Waals surface area contributed by atoms with E-state index < -0.39 is 10.0 Å². The fraction of sp³-hybridized carbons (Fsp3) is 0.538. The normalized spacial score (nSPS) is 23.6. The number of anilines is 1. The van der Waals surface area contributed by atoms with Gasteiger partial charge in [-0.25, -0.2) is 13.6 Å². The Balaban J connectivity index is 2.17. The largest absolute Gasteiger partial charge is 0.381 e. The fourth-order valence-corrected chi connectivity index (χ4v) is 3.85. The zero-order chi connectivity index (χ0) is 14.8. The molecule has 5 nitrogen and oxygen atoms in total. The van der Waals surface area contributed by atoms with Gasteiger partial charge in [-0.1, -0.05) is 12.8 Å². The summed E-state index contributed by atoms with van der Waals surface area (Å²) in [6.07, 6.45) is 4.65. The lowest BCUT2D eigenvalue weighted by molar-refractivity contribution is 0.332. The Morgan fingerprint density at radius 2 is 2.00 bits per heavy atom. The zero-order valence-corrected chi connectivity index (χ0v) is 13.6. The first kappa shape index (κ1) is 15.8. The zero-order valence-electron chi connectivity index (χ0n) is 11.2. The van der Waals surface area contributed by atoms with Crippen LogP contribution in [0.5, 0.6) is 0 Å². The van der Waals surface area contributed by atoms with Crippen molar-refractivity contribution in [3.05, 3.63) is 22.7 Å². The van der Waals surface area contributed by atoms with Crippen molar-refractivity contribution in [2.45, 2.75) is 36.6 Å². The van der Waals surface area contributed by atoms with Gasteiger partial charge in [0.1, 0.15) is 0 Å². The van der Waals surface area contributed by atoms with Gasteiger partial charge in [-0.05, 0) is 59.4 Å². The van der Waals surface area contributed by atoms with Gasteiger partial charge in [0.25, 0.3) is 0 Å². The molecule has 7 heteroatoms. The topological polar surface area (TPSA) is 98.2 Å². The molecule has 2 unspecified atom stereocenters. The Morgan fingerprint density at radius 1 is 1.30 bits per heavy atom. The number of hydrogen-bond donors (Lipinski definition) is 3. The molecule has 1 saturated carbocycles. The monoisotopic (exact) mass is 361 g/mol. The highest BCUT2D eigenvalue weighted by molar-refractivity contribution is 9.10. The summed E-state index contributed by atoms with van der Waals surface area (Å²) in [5.74, 6) is 0.466. The molecule has 0 heterocycles. The molecule has 1 aliphatic carbocycles. The standard InChI is InChI=1S/C13H20BrN3O2S/c14-11-7-10(20(16,18)19)5-6-13(11)17-12-4-2-1-3-9(12)8-15/h5-7,9,12,17H,1-4,8,15H2,(H2,16,18,19). The van der Waals surface area contributed by atoms with E-state index in [-0.39, 0.29) is 4.90 Å². The Bertz CT molecular complexity index is 577. The van der Waals surface area contributed by atoms with Gasteiger partial charge in [0.05, 0.1) is 4.90 Å². The Hall–Kier alpha value is -0.630. The fourth-order valence-electron chi connectivity index (χ4n) is 2.67. The highest BCUT2D eigenvalue weighted by Crippen LogP contribution is 2.31. The molecule has 5 N–H and O–H groups in total. The second-order valence-corrected chi connectivity index (χ2v) is 7.63. The lowest BCUT2D eigenvalue weighted by Crippen LogP contribution is -2.36. The van der Waals surface area contributed by atoms with Crippen molar-refractivity contribution in [1.82, 2.24) is 0 Å². The third-order valence-corrected chi connectivity index (χ3v) is 5.39. The van der Waals surface area contributed by atoms with E-state index in [0.717, 1.165) is 18.5 Å². The van der Waals surface area contributed by atoms with Crippen LogP contribution < -0.4 is 16.2 Å². The minimum absolute atomic E-state index is 0.106. The smallest absolute Gasteiger partial charge is 0.238 e. The van der Waals surface area contributed by atoms with Crippen LogP contribution in [0, 0.1) is 5.92 Å². The van der Waals surface area contributed by atoms with E-state index >= 15 is 0 Å². The van der Waals surface area contributed by atoms with Crippen LogP contribution >= 0.6 is 15.9 Å². The van der Waals surface area contributed by atoms with Gasteiger partial charge in [0, 0.05) is 16.2 Å². The van der Waals surface area contributed by atoms with Gasteiger partial charge in [-0.15, -0.1) is 0 Å². The summed E-state index contributed by atoms with van der Waals surface area (Å²) < 4.78 is 23.3. The first-order valence-corrected chi connectivity index (χ1v) is 9.04. The summed E-state index contributed by atoms with van der Waals surface area (Å²) in [5, 5.41) is 8.58. The molecule has 0 radical (unpaired) electrons. The van der Waals surface area contributed by atoms with E-state index in [0.29, 0.717) is 23.0 Å². The Kier molecular flexibility index (Phi) is 5.06. The quantitative estimate of drug-likeness (QED) is 0.763. The number of sulfonamides is 1. The average molecular weight is 362 g/mol. The summed E-state index contributed by atoms with van der Waals surface area (Å²) >= 11 is 3.39. The lowest BCUT2D eigenvalue weighted by atomic mass is 9.84. The van der Waals surface area contributed by atoms with Crippen molar-refractivity contribution in [1.29, 1.82) is 0 Å². The molecule has 0 saturated heterocycles. The second kappa shape index (κ2) is 6.43. The van der Waals surface area contributed by atoms with E-state index in [9.17, 15) is 8.42 Å². The average Bonchev–Trinajstić information content (AvgIpc) is 2.40. The maximum atomic E-state index is 11.3. The molecule has 1 aromatic carbocycles. The van der Waals surface area contributed by atoms with Crippen molar-refractivity contribution >= 4 is 31.6 Å². The first-order chi connectivity index (χ1) is 9.41. The van der Waals surface area contributed by atoms with Gasteiger partial charge in [-0.3, -0.25) is 0 Å². The van der Waals surface area contributed by atoms with Gasteiger partial charge < -0.3 is 11.1 Å². The molecule has 2 rings (SSSR count). The van der Waals surface area contributed by atoms with Crippen LogP contribution in [0.1, 0.15) is 25.7 Å². The molecule has 1 aliphatic rings. The van der Waals surface area contributed by atoms with Crippen molar-refractivity contribution in [2.75, 3.05) is 11.9 Å². The van der Waals surface area contributed by atoms with Crippen LogP contribution in [0.4, 0.5) is 5.69 Å². The number of halogens is 1. The summed E-state index contributed by atoms with van der Waals surface area (Å²) in [6.45, 7) is 0.671. The molecule has 1 fully saturated rings. The first-order valence-electron chi connectivity index (χ1n) is 6.71. The number of hydrogen-bond acceptors (Lipinski definition) is 4. The highest BCUT2D eigenvalue weighted by atomic mass is 79.9. The summed E-state index contributed by atoms with van der Waals surface area (Å²) in [6, 6.07) is 5.12. The van der Waals surface area contributed by atoms with E-state index in [4.69, 9.17) is 10.9 Å². The molecular weight excluding hydrogens is 342 g/mol. The molecule has 20 heavy (non-hydrogen) atoms. The number of primary sulfonamides is 1. The number of nitrogens with one attached hydrogen (secondary N) is 1. The van der Waals surface area contributed by atoms with Crippen molar-refractivity contribution in [3.63, 3.8) is 0 Å². The van der Waals surface area contributed by atoms with Gasteiger partial charge >= 0.3 is 0 Å². The van der Waals surface area contributed by atoms with E-state index in [1.807, 2.05) is 0 Å². The highest BCUT2D eigenvalue weighted by Gasteiger charge is 2.24. The van der Waals surface area contributed by atoms with Crippen molar-refractivity contribution in [3.8, 4) is 0 Å². The van der Waals surface area contributed by atoms with Crippen LogP contribution in [-0.4, -0.2) is 21.0 Å². The van der Waals surface area contributed by atoms with E-state index in [2.05, 4.69) is 21.2 Å². The lowest BCUT2D eigenvalue weighted by Gasteiger charge is -2.32. The maximum Gasteiger partial charge on any atom is 0.238 e. The van der Waals surface area contributed by atoms with Crippen LogP contribution in [0.15, 0.2) is 27.6 Å². The van der Waals surface area contributed by atoms with Crippen molar-refractivity contribution in [2.24, 2.45) is 16.8 Å². The molecule has 112 valence electrons. The summed E-state index contributed by atoms with van der Waals surface area (Å²) in [4.78, 5) is 0.106. The van der Waals surface area contributed by atoms with Crippen LogP contribution in [-0.2, 0) is 10.0 Å². The van der Waals surface area contributed by atoms with E-state index in [1.165, 1.54) is 25.0 Å². The third kappa shape index (κ3) is 3.72. The summed E-state index contributed by atoms with van der Waals surface area (Å²) in [5.41, 5.74) is 6.70. The molecule has 0 spiro atoms. The number of rotatable bonds is 4. The maximum absolute atomic E-state index is 11.3. The SMILES string of the molecule is NCC1CCCCC1Nc1ccc(S(N)(=O)=O)cc1Br. The van der Waals surface area contributed by atoms with Crippen LogP contribution in [0.3, 0.4) is 0 Å². The Morgan fingerprint density at radius 3 is 2.60 bits per heavy atom. The number of benzene rings is 1. The predicted molar refractivity (Wildman–Crippen MR) is 83.9 cm³/mol. The Labute approximate surface area is 128 Å². The molecule has 1 aromatic rings. The second-order valence-electron chi connectivity index (χ2n) is 5.22. The van der Waals surface area contributed by atoms with E-state index in [1.54, 1.807) is 6.07 Å². The third-order valence-electron chi connectivity index (χ3n) is 3.82. The van der Waals surface area contributed by atoms with Gasteiger partial charge in [0.2, 0.25) is 10.0 Å². The minimum Gasteiger partial charge on any atom is -0.381 e. The van der Waals surface area contributed by atoms with Crippen LogP contribution in [0.25, 0.3) is 0 Å². The van der Waals surface area contributed by atoms with Crippen LogP contribution in [0.2, 0.25) is 0 Å². The molecule has 0 bridgehead atoms. The molecule has 2 atom stereocenters. The van der Waals surface area contributed by atoms with Gasteiger partial charge in [0.15, 0.2) is 0 Å². The minimum atomic E-state index is -3.67. The summed E-state index contributed by atoms with van der Waals surface area (Å²) in [7, 11) is -3.67. The van der Waals surface area contributed by atoms with Gasteiger partial charge in [-0.2, -0.15) is 0 Å².